The molecule has 0 atom stereocenters. The molecule has 0 aliphatic carbocycles. The van der Waals surface area contributed by atoms with Gasteiger partial charge in [0, 0.05) is 6.54 Å². The second-order valence-corrected chi connectivity index (χ2v) is 4.07. The van der Waals surface area contributed by atoms with Crippen molar-refractivity contribution >= 4 is 11.9 Å². The third-order valence-corrected chi connectivity index (χ3v) is 1.81. The molecule has 0 heterocycles. The van der Waals surface area contributed by atoms with Crippen LogP contribution in [0.3, 0.4) is 0 Å². The van der Waals surface area contributed by atoms with Crippen LogP contribution in [-0.2, 0) is 14.3 Å². The van der Waals surface area contributed by atoms with Gasteiger partial charge in [-0.25, -0.2) is 0 Å². The maximum absolute atomic E-state index is 11.7. The molecule has 100 valence electrons. The zero-order valence-corrected chi connectivity index (χ0v) is 9.43. The minimum absolute atomic E-state index is 0.184. The molecule has 5 nitrogen and oxygen atoms in total. The normalized spacial score (nSPS) is 12.3. The van der Waals surface area contributed by atoms with Gasteiger partial charge in [-0.3, -0.25) is 9.59 Å². The van der Waals surface area contributed by atoms with Crippen LogP contribution < -0.4 is 5.32 Å². The summed E-state index contributed by atoms with van der Waals surface area (Å²) in [5.74, 6) is -1.91. The highest BCUT2D eigenvalue weighted by atomic mass is 19.4. The molecule has 2 N–H and O–H groups in total. The highest BCUT2D eigenvalue weighted by Crippen LogP contribution is 2.14. The first kappa shape index (κ1) is 15.7. The first-order chi connectivity index (χ1) is 7.54. The van der Waals surface area contributed by atoms with Crippen LogP contribution in [0.4, 0.5) is 13.2 Å². The lowest BCUT2D eigenvalue weighted by atomic mass is 9.94. The highest BCUT2D eigenvalue weighted by Gasteiger charge is 2.29. The summed E-state index contributed by atoms with van der Waals surface area (Å²) in [7, 11) is 0. The Morgan fingerprint density at radius 2 is 1.82 bits per heavy atom. The lowest BCUT2D eigenvalue weighted by Gasteiger charge is -2.19. The Morgan fingerprint density at radius 3 is 2.24 bits per heavy atom. The topological polar surface area (TPSA) is 75.6 Å². The van der Waals surface area contributed by atoms with Gasteiger partial charge in [-0.05, 0) is 13.8 Å². The number of carboxylic acids is 1. The van der Waals surface area contributed by atoms with Gasteiger partial charge in [0.1, 0.15) is 13.2 Å². The summed E-state index contributed by atoms with van der Waals surface area (Å²) in [6.45, 7) is 0.312. The Balaban J connectivity index is 3.86. The molecule has 0 bridgehead atoms. The molecule has 1 amide bonds. The quantitative estimate of drug-likeness (QED) is 0.737. The van der Waals surface area contributed by atoms with Gasteiger partial charge in [-0.2, -0.15) is 13.2 Å². The lowest BCUT2D eigenvalue weighted by Crippen LogP contribution is -2.40. The van der Waals surface area contributed by atoms with Crippen LogP contribution in [0, 0.1) is 5.41 Å². The summed E-state index contributed by atoms with van der Waals surface area (Å²) in [6, 6.07) is 0. The SMILES string of the molecule is CC(C)(CNC(=O)COCC(F)(F)F)C(=O)O. The second-order valence-electron chi connectivity index (χ2n) is 4.07. The van der Waals surface area contributed by atoms with Crippen molar-refractivity contribution in [1.82, 2.24) is 5.32 Å². The summed E-state index contributed by atoms with van der Waals surface area (Å²) in [5.41, 5.74) is -1.18. The van der Waals surface area contributed by atoms with Gasteiger partial charge in [-0.15, -0.1) is 0 Å². The number of amides is 1. The van der Waals surface area contributed by atoms with Gasteiger partial charge in [0.2, 0.25) is 5.91 Å². The molecule has 0 unspecified atom stereocenters. The van der Waals surface area contributed by atoms with Crippen LogP contribution >= 0.6 is 0 Å². The summed E-state index contributed by atoms with van der Waals surface area (Å²) in [4.78, 5) is 21.6. The molecule has 0 saturated heterocycles. The number of hydrogen-bond acceptors (Lipinski definition) is 3. The average molecular weight is 257 g/mol. The zero-order valence-electron chi connectivity index (χ0n) is 9.43. The molecule has 17 heavy (non-hydrogen) atoms. The van der Waals surface area contributed by atoms with E-state index in [9.17, 15) is 22.8 Å². The maximum atomic E-state index is 11.7. The summed E-state index contributed by atoms with van der Waals surface area (Å²) < 4.78 is 39.1. The maximum Gasteiger partial charge on any atom is 0.411 e. The number of aliphatic carboxylic acids is 1. The van der Waals surface area contributed by atoms with Gasteiger partial charge in [0.05, 0.1) is 5.41 Å². The van der Waals surface area contributed by atoms with E-state index < -0.39 is 36.7 Å². The molecule has 0 aliphatic heterocycles. The molecule has 0 rings (SSSR count). The van der Waals surface area contributed by atoms with Crippen molar-refractivity contribution in [3.63, 3.8) is 0 Å². The number of nitrogens with one attached hydrogen (secondary N) is 1. The monoisotopic (exact) mass is 257 g/mol. The van der Waals surface area contributed by atoms with Crippen LogP contribution in [0.25, 0.3) is 0 Å². The Labute approximate surface area is 95.9 Å². The van der Waals surface area contributed by atoms with E-state index in [1.54, 1.807) is 0 Å². The summed E-state index contributed by atoms with van der Waals surface area (Å²) in [5, 5.41) is 10.9. The first-order valence-corrected chi connectivity index (χ1v) is 4.69. The number of rotatable bonds is 6. The number of ether oxygens (including phenoxy) is 1. The number of alkyl halides is 3. The van der Waals surface area contributed by atoms with Crippen LogP contribution in [0.15, 0.2) is 0 Å². The standard InChI is InChI=1S/C9H14F3NO4/c1-8(2,7(15)16)4-13-6(14)3-17-5-9(10,11)12/h3-5H2,1-2H3,(H,13,14)(H,15,16). The van der Waals surface area contributed by atoms with Gasteiger partial charge >= 0.3 is 12.1 Å². The van der Waals surface area contributed by atoms with Gasteiger partial charge in [0.15, 0.2) is 0 Å². The van der Waals surface area contributed by atoms with Gasteiger partial charge in [0.25, 0.3) is 0 Å². The Bertz CT molecular complexity index is 288. The average Bonchev–Trinajstić information content (AvgIpc) is 2.12. The van der Waals surface area contributed by atoms with E-state index in [2.05, 4.69) is 10.1 Å². The van der Waals surface area contributed by atoms with E-state index in [0.29, 0.717) is 0 Å². The predicted octanol–water partition coefficient (Wildman–Crippen LogP) is 0.792. The second kappa shape index (κ2) is 5.85. The predicted molar refractivity (Wildman–Crippen MR) is 51.3 cm³/mol. The van der Waals surface area contributed by atoms with E-state index in [4.69, 9.17) is 5.11 Å². The molecule has 0 fully saturated rings. The fourth-order valence-electron chi connectivity index (χ4n) is 0.706. The van der Waals surface area contributed by atoms with Crippen LogP contribution in [0.5, 0.6) is 0 Å². The van der Waals surface area contributed by atoms with E-state index in [-0.39, 0.29) is 6.54 Å². The zero-order chi connectivity index (χ0) is 13.7. The van der Waals surface area contributed by atoms with E-state index in [1.165, 1.54) is 13.8 Å². The molecule has 0 radical (unpaired) electrons. The molecule has 0 spiro atoms. The molecule has 0 aliphatic rings. The number of carboxylic acid groups (broad SMARTS) is 1. The fraction of sp³-hybridized carbons (Fsp3) is 0.778. The van der Waals surface area contributed by atoms with Crippen molar-refractivity contribution < 1.29 is 32.6 Å². The molecular weight excluding hydrogens is 243 g/mol. The minimum atomic E-state index is -4.49. The van der Waals surface area contributed by atoms with Gasteiger partial charge < -0.3 is 15.2 Å². The van der Waals surface area contributed by atoms with Crippen LogP contribution in [0.1, 0.15) is 13.8 Å². The van der Waals surface area contributed by atoms with E-state index >= 15 is 0 Å². The fourth-order valence-corrected chi connectivity index (χ4v) is 0.706. The lowest BCUT2D eigenvalue weighted by molar-refractivity contribution is -0.175. The van der Waals surface area contributed by atoms with Crippen LogP contribution in [0.2, 0.25) is 0 Å². The van der Waals surface area contributed by atoms with Crippen molar-refractivity contribution in [2.75, 3.05) is 19.8 Å². The van der Waals surface area contributed by atoms with Crippen molar-refractivity contribution in [1.29, 1.82) is 0 Å². The Hall–Kier alpha value is -1.31. The highest BCUT2D eigenvalue weighted by molar-refractivity contribution is 5.79. The first-order valence-electron chi connectivity index (χ1n) is 4.69. The van der Waals surface area contributed by atoms with Crippen molar-refractivity contribution in [3.05, 3.63) is 0 Å². The number of carbonyl (C=O) groups excluding carboxylic acids is 1. The van der Waals surface area contributed by atoms with Crippen molar-refractivity contribution in [2.45, 2.75) is 20.0 Å². The largest absolute Gasteiger partial charge is 0.481 e. The third-order valence-electron chi connectivity index (χ3n) is 1.81. The van der Waals surface area contributed by atoms with Crippen molar-refractivity contribution in [2.24, 2.45) is 5.41 Å². The molecule has 0 aromatic carbocycles. The Kier molecular flexibility index (Phi) is 5.40. The Morgan fingerprint density at radius 1 is 1.29 bits per heavy atom. The number of hydrogen-bond donors (Lipinski definition) is 2. The summed E-state index contributed by atoms with van der Waals surface area (Å²) in [6.07, 6.45) is -4.49. The molecular formula is C9H14F3NO4. The number of halogens is 3. The molecule has 8 heteroatoms. The third kappa shape index (κ3) is 7.56. The summed E-state index contributed by atoms with van der Waals surface area (Å²) >= 11 is 0. The van der Waals surface area contributed by atoms with E-state index in [0.717, 1.165) is 0 Å². The van der Waals surface area contributed by atoms with Crippen molar-refractivity contribution in [3.8, 4) is 0 Å². The number of carbonyl (C=O) groups is 2. The molecule has 0 saturated carbocycles. The smallest absolute Gasteiger partial charge is 0.411 e. The van der Waals surface area contributed by atoms with Gasteiger partial charge in [-0.1, -0.05) is 0 Å². The minimum Gasteiger partial charge on any atom is -0.481 e. The molecule has 0 aromatic heterocycles. The molecule has 0 aromatic rings. The van der Waals surface area contributed by atoms with E-state index in [1.807, 2.05) is 0 Å². The van der Waals surface area contributed by atoms with Crippen LogP contribution in [-0.4, -0.2) is 42.9 Å².